The molecule has 110 valence electrons. The Morgan fingerprint density at radius 1 is 1.00 bits per heavy atom. The Bertz CT molecular complexity index is 659. The Morgan fingerprint density at radius 3 is 2.43 bits per heavy atom. The minimum absolute atomic E-state index is 0.245. The number of aryl methyl sites for hydroxylation is 1. The van der Waals surface area contributed by atoms with Crippen LogP contribution in [-0.2, 0) is 9.47 Å². The molecule has 0 aromatic heterocycles. The molecule has 2 aromatic rings. The number of fused-ring (bicyclic) bond motifs is 1. The number of rotatable bonds is 6. The van der Waals surface area contributed by atoms with E-state index in [0.29, 0.717) is 13.2 Å². The van der Waals surface area contributed by atoms with Gasteiger partial charge in [-0.3, -0.25) is 0 Å². The maximum absolute atomic E-state index is 5.93. The van der Waals surface area contributed by atoms with Crippen molar-refractivity contribution in [2.24, 2.45) is 0 Å². The maximum Gasteiger partial charge on any atom is 0.130 e. The fourth-order valence-corrected chi connectivity index (χ4v) is 2.38. The molecule has 0 aliphatic carbocycles. The first-order valence-electron chi connectivity index (χ1n) is 7.32. The zero-order chi connectivity index (χ0) is 14.2. The summed E-state index contributed by atoms with van der Waals surface area (Å²) in [4.78, 5) is 0. The van der Waals surface area contributed by atoms with Crippen molar-refractivity contribution in [3.63, 3.8) is 0 Å². The summed E-state index contributed by atoms with van der Waals surface area (Å²) in [5.41, 5.74) is 1.22. The molecule has 2 aromatic carbocycles. The Labute approximate surface area is 123 Å². The molecule has 2 heterocycles. The fraction of sp³-hybridized carbons (Fsp3) is 0.412. The zero-order valence-corrected chi connectivity index (χ0v) is 12.0. The Kier molecular flexibility index (Phi) is 3.20. The minimum Gasteiger partial charge on any atom is -0.491 e. The monoisotopic (exact) mass is 286 g/mol. The van der Waals surface area contributed by atoms with Crippen LogP contribution < -0.4 is 9.47 Å². The lowest BCUT2D eigenvalue weighted by atomic mass is 10.0. The molecule has 2 fully saturated rings. The third-order valence-electron chi connectivity index (χ3n) is 3.81. The smallest absolute Gasteiger partial charge is 0.130 e. The zero-order valence-electron chi connectivity index (χ0n) is 12.0. The summed E-state index contributed by atoms with van der Waals surface area (Å²) in [7, 11) is 0. The van der Waals surface area contributed by atoms with Gasteiger partial charge in [-0.2, -0.15) is 0 Å². The van der Waals surface area contributed by atoms with Crippen molar-refractivity contribution in [1.29, 1.82) is 0 Å². The Hall–Kier alpha value is -1.78. The molecule has 0 spiro atoms. The van der Waals surface area contributed by atoms with Crippen LogP contribution in [0.4, 0.5) is 0 Å². The van der Waals surface area contributed by atoms with Crippen LogP contribution in [0.15, 0.2) is 30.3 Å². The lowest BCUT2D eigenvalue weighted by Gasteiger charge is -2.13. The average Bonchev–Trinajstić information content (AvgIpc) is 3.38. The number of epoxide rings is 2. The third kappa shape index (κ3) is 2.96. The van der Waals surface area contributed by atoms with Crippen molar-refractivity contribution in [2.75, 3.05) is 26.4 Å². The van der Waals surface area contributed by atoms with Gasteiger partial charge in [0.1, 0.15) is 36.9 Å². The number of hydrogen-bond acceptors (Lipinski definition) is 4. The lowest BCUT2D eigenvalue weighted by Crippen LogP contribution is -2.06. The summed E-state index contributed by atoms with van der Waals surface area (Å²) >= 11 is 0. The summed E-state index contributed by atoms with van der Waals surface area (Å²) < 4.78 is 22.1. The van der Waals surface area contributed by atoms with Crippen LogP contribution in [-0.4, -0.2) is 38.6 Å². The van der Waals surface area contributed by atoms with E-state index in [2.05, 4.69) is 31.2 Å². The Morgan fingerprint density at radius 2 is 1.71 bits per heavy atom. The SMILES string of the molecule is Cc1cccc2c(OCC3CO3)cc(OCC3CO3)cc12. The first-order valence-corrected chi connectivity index (χ1v) is 7.32. The van der Waals surface area contributed by atoms with Crippen molar-refractivity contribution in [2.45, 2.75) is 19.1 Å². The van der Waals surface area contributed by atoms with Gasteiger partial charge in [0.25, 0.3) is 0 Å². The fourth-order valence-electron chi connectivity index (χ4n) is 2.38. The van der Waals surface area contributed by atoms with Gasteiger partial charge in [-0.25, -0.2) is 0 Å². The van der Waals surface area contributed by atoms with Gasteiger partial charge in [0.05, 0.1) is 13.2 Å². The van der Waals surface area contributed by atoms with Gasteiger partial charge in [-0.05, 0) is 23.9 Å². The molecule has 2 unspecified atom stereocenters. The van der Waals surface area contributed by atoms with Gasteiger partial charge in [-0.1, -0.05) is 18.2 Å². The summed E-state index contributed by atoms with van der Waals surface area (Å²) in [6.45, 7) is 4.89. The lowest BCUT2D eigenvalue weighted by molar-refractivity contribution is 0.254. The molecular formula is C17H18O4. The van der Waals surface area contributed by atoms with Crippen molar-refractivity contribution in [3.05, 3.63) is 35.9 Å². The molecule has 2 aliphatic heterocycles. The molecule has 21 heavy (non-hydrogen) atoms. The first kappa shape index (κ1) is 12.9. The third-order valence-corrected chi connectivity index (χ3v) is 3.81. The molecule has 4 rings (SSSR count). The summed E-state index contributed by atoms with van der Waals surface area (Å²) in [6, 6.07) is 10.3. The molecular weight excluding hydrogens is 268 g/mol. The second-order valence-electron chi connectivity index (χ2n) is 5.62. The van der Waals surface area contributed by atoms with Crippen LogP contribution >= 0.6 is 0 Å². The highest BCUT2D eigenvalue weighted by Gasteiger charge is 2.25. The average molecular weight is 286 g/mol. The van der Waals surface area contributed by atoms with Gasteiger partial charge in [0, 0.05) is 11.5 Å². The largest absolute Gasteiger partial charge is 0.491 e. The van der Waals surface area contributed by atoms with E-state index in [1.165, 1.54) is 10.9 Å². The van der Waals surface area contributed by atoms with E-state index < -0.39 is 0 Å². The Balaban J connectivity index is 1.66. The quantitative estimate of drug-likeness (QED) is 0.766. The molecule has 0 amide bonds. The number of benzene rings is 2. The molecule has 0 bridgehead atoms. The van der Waals surface area contributed by atoms with E-state index in [1.807, 2.05) is 6.07 Å². The predicted molar refractivity (Wildman–Crippen MR) is 79.2 cm³/mol. The normalized spacial score (nSPS) is 23.1. The molecule has 2 aliphatic rings. The maximum atomic E-state index is 5.93. The standard InChI is InChI=1S/C17H18O4/c1-11-3-2-4-15-16(11)5-12(18-7-13-8-19-13)6-17(15)21-10-14-9-20-14/h2-6,13-14H,7-10H2,1H3. The van der Waals surface area contributed by atoms with Crippen molar-refractivity contribution in [1.82, 2.24) is 0 Å². The van der Waals surface area contributed by atoms with Crippen molar-refractivity contribution in [3.8, 4) is 11.5 Å². The van der Waals surface area contributed by atoms with Gasteiger partial charge in [0.15, 0.2) is 0 Å². The molecule has 2 saturated heterocycles. The van der Waals surface area contributed by atoms with E-state index in [4.69, 9.17) is 18.9 Å². The summed E-state index contributed by atoms with van der Waals surface area (Å²) in [5, 5.41) is 2.28. The molecule has 2 atom stereocenters. The first-order chi connectivity index (χ1) is 10.3. The van der Waals surface area contributed by atoms with Gasteiger partial charge in [-0.15, -0.1) is 0 Å². The van der Waals surface area contributed by atoms with Crippen LogP contribution in [0.2, 0.25) is 0 Å². The van der Waals surface area contributed by atoms with Crippen LogP contribution in [0.5, 0.6) is 11.5 Å². The molecule has 0 N–H and O–H groups in total. The topological polar surface area (TPSA) is 43.5 Å². The van der Waals surface area contributed by atoms with Gasteiger partial charge >= 0.3 is 0 Å². The van der Waals surface area contributed by atoms with Crippen LogP contribution in [0.25, 0.3) is 10.8 Å². The van der Waals surface area contributed by atoms with Crippen molar-refractivity contribution < 1.29 is 18.9 Å². The minimum atomic E-state index is 0.245. The van der Waals surface area contributed by atoms with E-state index in [-0.39, 0.29) is 12.2 Å². The second kappa shape index (κ2) is 5.20. The summed E-state index contributed by atoms with van der Waals surface area (Å²) in [6.07, 6.45) is 0.496. The van der Waals surface area contributed by atoms with Gasteiger partial charge in [0.2, 0.25) is 0 Å². The van der Waals surface area contributed by atoms with E-state index in [0.717, 1.165) is 30.1 Å². The van der Waals surface area contributed by atoms with Crippen molar-refractivity contribution >= 4 is 10.8 Å². The molecule has 0 saturated carbocycles. The second-order valence-corrected chi connectivity index (χ2v) is 5.62. The van der Waals surface area contributed by atoms with E-state index in [9.17, 15) is 0 Å². The highest BCUT2D eigenvalue weighted by atomic mass is 16.6. The van der Waals surface area contributed by atoms with E-state index >= 15 is 0 Å². The molecule has 4 heteroatoms. The number of hydrogen-bond donors (Lipinski definition) is 0. The van der Waals surface area contributed by atoms with Gasteiger partial charge < -0.3 is 18.9 Å². The molecule has 4 nitrogen and oxygen atoms in total. The predicted octanol–water partition coefficient (Wildman–Crippen LogP) is 2.70. The van der Waals surface area contributed by atoms with Crippen LogP contribution in [0.3, 0.4) is 0 Å². The summed E-state index contributed by atoms with van der Waals surface area (Å²) in [5.74, 6) is 1.69. The highest BCUT2D eigenvalue weighted by Crippen LogP contribution is 2.34. The molecule has 0 radical (unpaired) electrons. The van der Waals surface area contributed by atoms with Crippen LogP contribution in [0.1, 0.15) is 5.56 Å². The highest BCUT2D eigenvalue weighted by molar-refractivity contribution is 5.92. The van der Waals surface area contributed by atoms with Crippen LogP contribution in [0, 0.1) is 6.92 Å². The number of ether oxygens (including phenoxy) is 4. The van der Waals surface area contributed by atoms with E-state index in [1.54, 1.807) is 0 Å².